The van der Waals surface area contributed by atoms with Crippen molar-refractivity contribution in [2.24, 2.45) is 0 Å². The summed E-state index contributed by atoms with van der Waals surface area (Å²) in [5, 5.41) is 4.46. The van der Waals surface area contributed by atoms with E-state index in [4.69, 9.17) is 10.5 Å². The van der Waals surface area contributed by atoms with Crippen LogP contribution in [0.4, 0.5) is 10.8 Å². The van der Waals surface area contributed by atoms with Crippen LogP contribution in [0, 0.1) is 18.8 Å². The number of nitrogens with two attached hydrogens (primary N) is 1. The summed E-state index contributed by atoms with van der Waals surface area (Å²) in [7, 11) is 1.62. The van der Waals surface area contributed by atoms with Crippen molar-refractivity contribution < 1.29 is 9.53 Å². The van der Waals surface area contributed by atoms with Gasteiger partial charge in [0.05, 0.1) is 26.1 Å². The van der Waals surface area contributed by atoms with E-state index in [-0.39, 0.29) is 12.3 Å². The van der Waals surface area contributed by atoms with E-state index in [9.17, 15) is 4.79 Å². The highest BCUT2D eigenvalue weighted by Crippen LogP contribution is 2.24. The Morgan fingerprint density at radius 2 is 2.00 bits per heavy atom. The molecule has 0 aliphatic rings. The van der Waals surface area contributed by atoms with Crippen LogP contribution in [0.5, 0.6) is 5.75 Å². The fourth-order valence-electron chi connectivity index (χ4n) is 2.79. The number of ether oxygens (including phenoxy) is 1. The third-order valence-electron chi connectivity index (χ3n) is 4.17. The van der Waals surface area contributed by atoms with Gasteiger partial charge in [0.2, 0.25) is 5.91 Å². The summed E-state index contributed by atoms with van der Waals surface area (Å²) in [6, 6.07) is 9.46. The van der Waals surface area contributed by atoms with Gasteiger partial charge in [0, 0.05) is 18.2 Å². The zero-order valence-electron chi connectivity index (χ0n) is 16.4. The molecule has 0 saturated carbocycles. The number of nitrogen functional groups attached to an aromatic ring is 1. The zero-order chi connectivity index (χ0) is 20.6. The van der Waals surface area contributed by atoms with E-state index in [1.54, 1.807) is 25.6 Å². The second-order valence-electron chi connectivity index (χ2n) is 6.41. The first-order valence-electron chi connectivity index (χ1n) is 9.08. The summed E-state index contributed by atoms with van der Waals surface area (Å²) < 4.78 is 5.41. The van der Waals surface area contributed by atoms with Gasteiger partial charge in [-0.1, -0.05) is 36.1 Å². The van der Waals surface area contributed by atoms with E-state index >= 15 is 0 Å². The van der Waals surface area contributed by atoms with E-state index in [1.165, 1.54) is 11.3 Å². The Hall–Kier alpha value is -3.37. The smallest absolute Gasteiger partial charge is 0.229 e. The van der Waals surface area contributed by atoms with Crippen LogP contribution in [-0.4, -0.2) is 23.0 Å². The molecule has 2 aromatic heterocycles. The number of aromatic nitrogens is 2. The van der Waals surface area contributed by atoms with Crippen molar-refractivity contribution in [3.8, 4) is 17.6 Å². The van der Waals surface area contributed by atoms with Crippen molar-refractivity contribution >= 4 is 28.1 Å². The first-order valence-corrected chi connectivity index (χ1v) is 9.90. The van der Waals surface area contributed by atoms with Gasteiger partial charge in [0.15, 0.2) is 0 Å². The molecule has 0 radical (unpaired) electrons. The van der Waals surface area contributed by atoms with Gasteiger partial charge in [-0.2, -0.15) is 0 Å². The molecule has 0 saturated heterocycles. The quantitative estimate of drug-likeness (QED) is 0.612. The molecule has 1 aromatic carbocycles. The Morgan fingerprint density at radius 1 is 1.17 bits per heavy atom. The van der Waals surface area contributed by atoms with E-state index in [2.05, 4.69) is 27.1 Å². The molecular weight excluding hydrogens is 384 g/mol. The molecule has 0 spiro atoms. The number of aryl methyl sites for hydroxylation is 1. The SMILES string of the molecule is COc1c(C)cccc1CC(=O)Nc1cnc(CC#CCc2ccc(N)nc2)s1. The number of carbonyl (C=O) groups is 1. The summed E-state index contributed by atoms with van der Waals surface area (Å²) in [5.41, 5.74) is 8.45. The van der Waals surface area contributed by atoms with Crippen LogP contribution in [0.3, 0.4) is 0 Å². The predicted molar refractivity (Wildman–Crippen MR) is 116 cm³/mol. The number of pyridine rings is 1. The lowest BCUT2D eigenvalue weighted by molar-refractivity contribution is -0.115. The number of hydrogen-bond donors (Lipinski definition) is 2. The Bertz CT molecular complexity index is 1050. The molecule has 1 amide bonds. The van der Waals surface area contributed by atoms with Gasteiger partial charge in [-0.3, -0.25) is 4.79 Å². The molecule has 29 heavy (non-hydrogen) atoms. The van der Waals surface area contributed by atoms with Gasteiger partial charge in [0.25, 0.3) is 0 Å². The lowest BCUT2D eigenvalue weighted by atomic mass is 10.1. The molecule has 3 N–H and O–H groups in total. The fourth-order valence-corrected chi connectivity index (χ4v) is 3.57. The van der Waals surface area contributed by atoms with Crippen LogP contribution in [0.25, 0.3) is 0 Å². The van der Waals surface area contributed by atoms with Crippen LogP contribution in [0.1, 0.15) is 21.7 Å². The number of carbonyl (C=O) groups excluding carboxylic acids is 1. The number of rotatable bonds is 6. The van der Waals surface area contributed by atoms with Gasteiger partial charge in [-0.25, -0.2) is 9.97 Å². The molecule has 148 valence electrons. The fraction of sp³-hybridized carbons (Fsp3) is 0.227. The maximum Gasteiger partial charge on any atom is 0.229 e. The van der Waals surface area contributed by atoms with Gasteiger partial charge in [0.1, 0.15) is 21.6 Å². The molecule has 0 unspecified atom stereocenters. The number of nitrogens with zero attached hydrogens (tertiary/aromatic N) is 2. The minimum Gasteiger partial charge on any atom is -0.496 e. The molecule has 2 heterocycles. The minimum absolute atomic E-state index is 0.106. The lowest BCUT2D eigenvalue weighted by Crippen LogP contribution is -2.14. The summed E-state index contributed by atoms with van der Waals surface area (Å²) in [4.78, 5) is 20.8. The molecule has 0 fully saturated rings. The van der Waals surface area contributed by atoms with Gasteiger partial charge in [-0.15, -0.1) is 11.3 Å². The number of amides is 1. The minimum atomic E-state index is -0.106. The average Bonchev–Trinajstić information content (AvgIpc) is 3.14. The van der Waals surface area contributed by atoms with Crippen LogP contribution in [-0.2, 0) is 24.1 Å². The summed E-state index contributed by atoms with van der Waals surface area (Å²) in [6.45, 7) is 1.96. The summed E-state index contributed by atoms with van der Waals surface area (Å²) in [5.74, 6) is 7.35. The highest BCUT2D eigenvalue weighted by Gasteiger charge is 2.12. The maximum atomic E-state index is 12.4. The first-order chi connectivity index (χ1) is 14.0. The molecule has 0 aliphatic carbocycles. The third-order valence-corrected chi connectivity index (χ3v) is 5.08. The number of benzene rings is 1. The number of thiazole rings is 1. The van der Waals surface area contributed by atoms with Crippen molar-refractivity contribution in [3.63, 3.8) is 0 Å². The van der Waals surface area contributed by atoms with Crippen molar-refractivity contribution in [2.45, 2.75) is 26.2 Å². The van der Waals surface area contributed by atoms with Crippen molar-refractivity contribution in [3.05, 3.63) is 64.4 Å². The lowest BCUT2D eigenvalue weighted by Gasteiger charge is -2.10. The summed E-state index contributed by atoms with van der Waals surface area (Å²) >= 11 is 1.43. The third kappa shape index (κ3) is 5.80. The van der Waals surface area contributed by atoms with Gasteiger partial charge in [-0.05, 0) is 24.1 Å². The molecule has 0 aliphatic heterocycles. The second kappa shape index (κ2) is 9.71. The van der Waals surface area contributed by atoms with Crippen LogP contribution in [0.2, 0.25) is 0 Å². The Labute approximate surface area is 174 Å². The van der Waals surface area contributed by atoms with Crippen LogP contribution in [0.15, 0.2) is 42.7 Å². The largest absolute Gasteiger partial charge is 0.496 e. The van der Waals surface area contributed by atoms with Crippen molar-refractivity contribution in [1.29, 1.82) is 0 Å². The topological polar surface area (TPSA) is 90.1 Å². The van der Waals surface area contributed by atoms with E-state index < -0.39 is 0 Å². The maximum absolute atomic E-state index is 12.4. The molecule has 0 atom stereocenters. The Balaban J connectivity index is 1.52. The monoisotopic (exact) mass is 406 g/mol. The predicted octanol–water partition coefficient (Wildman–Crippen LogP) is 3.41. The number of nitrogens with one attached hydrogen (secondary N) is 1. The highest BCUT2D eigenvalue weighted by atomic mass is 32.1. The first kappa shape index (κ1) is 20.4. The zero-order valence-corrected chi connectivity index (χ0v) is 17.2. The number of methoxy groups -OCH3 is 1. The van der Waals surface area contributed by atoms with E-state index in [1.807, 2.05) is 31.2 Å². The van der Waals surface area contributed by atoms with E-state index in [0.29, 0.717) is 23.7 Å². The van der Waals surface area contributed by atoms with Gasteiger partial charge < -0.3 is 15.8 Å². The van der Waals surface area contributed by atoms with Crippen molar-refractivity contribution in [2.75, 3.05) is 18.2 Å². The molecule has 6 nitrogen and oxygen atoms in total. The van der Waals surface area contributed by atoms with Crippen molar-refractivity contribution in [1.82, 2.24) is 9.97 Å². The second-order valence-corrected chi connectivity index (χ2v) is 7.52. The normalized spacial score (nSPS) is 10.1. The number of para-hydroxylation sites is 1. The van der Waals surface area contributed by atoms with Crippen LogP contribution >= 0.6 is 11.3 Å². The molecule has 7 heteroatoms. The molecule has 3 aromatic rings. The molecular formula is C22H22N4O2S. The average molecular weight is 407 g/mol. The van der Waals surface area contributed by atoms with E-state index in [0.717, 1.165) is 27.4 Å². The highest BCUT2D eigenvalue weighted by molar-refractivity contribution is 7.15. The molecule has 3 rings (SSSR count). The van der Waals surface area contributed by atoms with Gasteiger partial charge >= 0.3 is 0 Å². The Morgan fingerprint density at radius 3 is 2.76 bits per heavy atom. The summed E-state index contributed by atoms with van der Waals surface area (Å²) in [6.07, 6.45) is 4.78. The standard InChI is InChI=1S/C22H22N4O2S/c1-15-6-5-8-17(22(15)28-2)12-19(27)26-21-14-25-20(29-21)9-4-3-7-16-10-11-18(23)24-13-16/h5-6,8,10-11,13-14H,7,9,12H2,1-2H3,(H2,23,24)(H,26,27). The number of anilines is 2. The van der Waals surface area contributed by atoms with Crippen LogP contribution < -0.4 is 15.8 Å². The number of hydrogen-bond acceptors (Lipinski definition) is 6. The Kier molecular flexibility index (Phi) is 6.82. The molecule has 0 bridgehead atoms.